The Labute approximate surface area is 225 Å². The third kappa shape index (κ3) is 5.88. The van der Waals surface area contributed by atoms with Gasteiger partial charge in [0.15, 0.2) is 10.8 Å². The van der Waals surface area contributed by atoms with Gasteiger partial charge in [0.1, 0.15) is 0 Å². The zero-order chi connectivity index (χ0) is 26.5. The molecule has 0 atom stereocenters. The van der Waals surface area contributed by atoms with E-state index in [-0.39, 0.29) is 0 Å². The molecule has 0 radical (unpaired) electrons. The Morgan fingerprint density at radius 1 is 0.421 bits per heavy atom. The van der Waals surface area contributed by atoms with Crippen molar-refractivity contribution in [3.05, 3.63) is 164 Å². The maximum absolute atomic E-state index is 11.5. The SMILES string of the molecule is [O-][N+]#CC(CCCCCCC(C#[N+][O-])(c1ccccc1)c1ccccc1)(c1ccccc1)c1ccccc1. The number of hydrogen-bond acceptors (Lipinski definition) is 2. The molecule has 0 spiro atoms. The fraction of sp³-hybridized carbons (Fsp3) is 0.235. The maximum Gasteiger partial charge on any atom is 0.314 e. The summed E-state index contributed by atoms with van der Waals surface area (Å²) >= 11 is 0. The topological polar surface area (TPSA) is 54.8 Å². The molecule has 4 heteroatoms. The summed E-state index contributed by atoms with van der Waals surface area (Å²) in [4.78, 5) is 0. The van der Waals surface area contributed by atoms with Crippen LogP contribution >= 0.6 is 0 Å². The molecule has 38 heavy (non-hydrogen) atoms. The summed E-state index contributed by atoms with van der Waals surface area (Å²) in [6.45, 7) is 0. The van der Waals surface area contributed by atoms with Gasteiger partial charge in [-0.15, -0.1) is 0 Å². The van der Waals surface area contributed by atoms with Crippen LogP contribution in [0, 0.1) is 22.6 Å². The first-order valence-corrected chi connectivity index (χ1v) is 13.2. The van der Waals surface area contributed by atoms with Gasteiger partial charge in [-0.3, -0.25) is 0 Å². The molecule has 0 amide bonds. The number of hydrogen-bond donors (Lipinski definition) is 0. The van der Waals surface area contributed by atoms with Crippen LogP contribution in [0.5, 0.6) is 0 Å². The highest BCUT2D eigenvalue weighted by atomic mass is 16.4. The predicted molar refractivity (Wildman–Crippen MR) is 156 cm³/mol. The van der Waals surface area contributed by atoms with Gasteiger partial charge >= 0.3 is 12.1 Å². The van der Waals surface area contributed by atoms with Crippen LogP contribution in [0.1, 0.15) is 60.8 Å². The molecule has 0 N–H and O–H groups in total. The quantitative estimate of drug-likeness (QED) is 0.152. The number of rotatable bonds is 11. The summed E-state index contributed by atoms with van der Waals surface area (Å²) in [5.41, 5.74) is 2.67. The van der Waals surface area contributed by atoms with Crippen molar-refractivity contribution in [2.24, 2.45) is 0 Å². The van der Waals surface area contributed by atoms with Crippen LogP contribution in [0.25, 0.3) is 10.0 Å². The smallest absolute Gasteiger partial charge is 0.314 e. The van der Waals surface area contributed by atoms with E-state index in [4.69, 9.17) is 0 Å². The first-order chi connectivity index (χ1) is 18.7. The minimum absolute atomic E-state index is 0.689. The Morgan fingerprint density at radius 3 is 0.921 bits per heavy atom. The van der Waals surface area contributed by atoms with Crippen molar-refractivity contribution < 1.29 is 0 Å². The molecule has 0 bridgehead atoms. The normalized spacial score (nSPS) is 11.1. The summed E-state index contributed by atoms with van der Waals surface area (Å²) in [5.74, 6) is 0. The molecule has 0 aliphatic heterocycles. The molecule has 0 aromatic heterocycles. The standard InChI is InChI=1S/C34H32N2O2/c37-35-27-33(29-17-7-3-8-18-29,30-19-9-4-10-20-30)25-15-1-2-16-26-34(28-36-38,31-21-11-5-12-22-31)32-23-13-6-14-24-32/h3-14,17-24H,1-2,15-16,25-26H2. The monoisotopic (exact) mass is 500 g/mol. The first-order valence-electron chi connectivity index (χ1n) is 13.2. The van der Waals surface area contributed by atoms with Crippen molar-refractivity contribution in [3.8, 4) is 12.1 Å². The summed E-state index contributed by atoms with van der Waals surface area (Å²) < 4.78 is 0. The molecule has 0 aliphatic carbocycles. The van der Waals surface area contributed by atoms with Crippen LogP contribution in [-0.4, -0.2) is 0 Å². The van der Waals surface area contributed by atoms with Crippen molar-refractivity contribution in [3.63, 3.8) is 0 Å². The highest BCUT2D eigenvalue weighted by Crippen LogP contribution is 2.39. The molecule has 4 aromatic carbocycles. The lowest BCUT2D eigenvalue weighted by atomic mass is 9.71. The van der Waals surface area contributed by atoms with Gasteiger partial charge in [0, 0.05) is 10.0 Å². The van der Waals surface area contributed by atoms with Crippen LogP contribution in [0.2, 0.25) is 0 Å². The van der Waals surface area contributed by atoms with Gasteiger partial charge in [-0.2, -0.15) is 0 Å². The van der Waals surface area contributed by atoms with Crippen molar-refractivity contribution in [1.82, 2.24) is 0 Å². The Balaban J connectivity index is 1.49. The van der Waals surface area contributed by atoms with Gasteiger partial charge in [-0.25, -0.2) is 0 Å². The van der Waals surface area contributed by atoms with Gasteiger partial charge in [0.05, 0.1) is 0 Å². The van der Waals surface area contributed by atoms with E-state index in [0.29, 0.717) is 0 Å². The van der Waals surface area contributed by atoms with Crippen molar-refractivity contribution in [1.29, 1.82) is 0 Å². The van der Waals surface area contributed by atoms with E-state index >= 15 is 0 Å². The van der Waals surface area contributed by atoms with Crippen LogP contribution in [0.4, 0.5) is 0 Å². The summed E-state index contributed by atoms with van der Waals surface area (Å²) in [6.07, 6.45) is 5.18. The molecule has 0 heterocycles. The van der Waals surface area contributed by atoms with E-state index in [1.54, 1.807) is 0 Å². The molecule has 0 fully saturated rings. The molecule has 4 nitrogen and oxygen atoms in total. The van der Waals surface area contributed by atoms with E-state index in [9.17, 15) is 10.4 Å². The molecule has 0 saturated carbocycles. The minimum atomic E-state index is -0.689. The van der Waals surface area contributed by atoms with E-state index in [2.05, 4.69) is 22.2 Å². The highest BCUT2D eigenvalue weighted by molar-refractivity contribution is 5.48. The Bertz CT molecular complexity index is 1190. The second-order valence-electron chi connectivity index (χ2n) is 9.60. The highest BCUT2D eigenvalue weighted by Gasteiger charge is 2.39. The molecule has 190 valence electrons. The van der Waals surface area contributed by atoms with Crippen molar-refractivity contribution in [2.45, 2.75) is 49.4 Å². The van der Waals surface area contributed by atoms with E-state index < -0.39 is 10.8 Å². The fourth-order valence-corrected chi connectivity index (χ4v) is 5.46. The first kappa shape index (κ1) is 26.5. The Morgan fingerprint density at radius 2 is 0.684 bits per heavy atom. The Kier molecular flexibility index (Phi) is 9.17. The largest absolute Gasteiger partial charge is 0.498 e. The van der Waals surface area contributed by atoms with Gasteiger partial charge in [-0.1, -0.05) is 147 Å². The van der Waals surface area contributed by atoms with E-state index in [1.807, 2.05) is 121 Å². The minimum Gasteiger partial charge on any atom is -0.498 e. The van der Waals surface area contributed by atoms with Crippen LogP contribution in [0.15, 0.2) is 121 Å². The van der Waals surface area contributed by atoms with Crippen molar-refractivity contribution in [2.75, 3.05) is 0 Å². The van der Waals surface area contributed by atoms with Crippen LogP contribution < -0.4 is 0 Å². The lowest BCUT2D eigenvalue weighted by molar-refractivity contribution is 0.495. The van der Waals surface area contributed by atoms with Gasteiger partial charge in [-0.05, 0) is 35.1 Å². The molecule has 4 rings (SSSR count). The van der Waals surface area contributed by atoms with Gasteiger partial charge in [0.2, 0.25) is 0 Å². The van der Waals surface area contributed by atoms with Crippen LogP contribution in [0.3, 0.4) is 0 Å². The maximum atomic E-state index is 11.5. The zero-order valence-electron chi connectivity index (χ0n) is 21.5. The second-order valence-corrected chi connectivity index (χ2v) is 9.60. The van der Waals surface area contributed by atoms with E-state index in [1.165, 1.54) is 0 Å². The zero-order valence-corrected chi connectivity index (χ0v) is 21.5. The predicted octanol–water partition coefficient (Wildman–Crippen LogP) is 8.96. The fourth-order valence-electron chi connectivity index (χ4n) is 5.46. The third-order valence-electron chi connectivity index (χ3n) is 7.39. The number of unbranched alkanes of at least 4 members (excludes halogenated alkanes) is 3. The summed E-state index contributed by atoms with van der Waals surface area (Å²) in [6, 6.07) is 45.9. The van der Waals surface area contributed by atoms with Crippen LogP contribution in [-0.2, 0) is 10.8 Å². The van der Waals surface area contributed by atoms with E-state index in [0.717, 1.165) is 60.8 Å². The number of benzene rings is 4. The lowest BCUT2D eigenvalue weighted by Crippen LogP contribution is -2.26. The molecule has 0 unspecified atom stereocenters. The average Bonchev–Trinajstić information content (AvgIpc) is 2.99. The molecule has 0 saturated heterocycles. The van der Waals surface area contributed by atoms with Gasteiger partial charge < -0.3 is 10.4 Å². The second kappa shape index (κ2) is 13.1. The summed E-state index contributed by atoms with van der Waals surface area (Å²) in [7, 11) is 0. The Hall–Kier alpha value is -4.54. The lowest BCUT2D eigenvalue weighted by Gasteiger charge is -2.26. The summed E-state index contributed by atoms with van der Waals surface area (Å²) in [5, 5.41) is 29.4. The van der Waals surface area contributed by atoms with Gasteiger partial charge in [0.25, 0.3) is 0 Å². The molecule has 0 aliphatic rings. The molecule has 4 aromatic rings. The third-order valence-corrected chi connectivity index (χ3v) is 7.39. The molecular weight excluding hydrogens is 468 g/mol. The number of nitrogens with zero attached hydrogens (tertiary/aromatic N) is 2. The van der Waals surface area contributed by atoms with Crippen molar-refractivity contribution >= 4 is 0 Å². The molecular formula is C34H32N2O2. The average molecular weight is 501 g/mol.